The van der Waals surface area contributed by atoms with Gasteiger partial charge in [0.2, 0.25) is 5.96 Å². The van der Waals surface area contributed by atoms with Gasteiger partial charge in [-0.15, -0.1) is 0 Å². The average Bonchev–Trinajstić information content (AvgIpc) is 2.61. The molecule has 29 heavy (non-hydrogen) atoms. The van der Waals surface area contributed by atoms with E-state index in [9.17, 15) is 13.6 Å². The van der Waals surface area contributed by atoms with Crippen molar-refractivity contribution < 1.29 is 13.6 Å². The van der Waals surface area contributed by atoms with Crippen molar-refractivity contribution >= 4 is 11.9 Å². The molecule has 6 nitrogen and oxygen atoms in total. The number of aliphatic imine (C=N–C) groups is 1. The van der Waals surface area contributed by atoms with Crippen molar-refractivity contribution in [1.82, 2.24) is 10.6 Å². The third kappa shape index (κ3) is 7.59. The Bertz CT molecular complexity index is 845. The number of nitrogens with two attached hydrogens (primary N) is 2. The highest BCUT2D eigenvalue weighted by atomic mass is 19.1. The van der Waals surface area contributed by atoms with E-state index in [4.69, 9.17) is 11.5 Å². The lowest BCUT2D eigenvalue weighted by molar-refractivity contribution is 0.100. The van der Waals surface area contributed by atoms with Crippen LogP contribution in [0.2, 0.25) is 0 Å². The summed E-state index contributed by atoms with van der Waals surface area (Å²) in [5.41, 5.74) is 12.9. The number of nitrogens with zero attached hydrogens (tertiary/aromatic N) is 1. The van der Waals surface area contributed by atoms with Gasteiger partial charge in [-0.3, -0.25) is 4.79 Å². The summed E-state index contributed by atoms with van der Waals surface area (Å²) in [5.74, 6) is -1.13. The van der Waals surface area contributed by atoms with Crippen molar-refractivity contribution in [3.05, 3.63) is 71.3 Å². The smallest absolute Gasteiger partial charge is 0.280 e. The number of guanidine groups is 1. The molecule has 2 atom stereocenters. The molecule has 2 rings (SSSR count). The Morgan fingerprint density at radius 1 is 1.00 bits per heavy atom. The molecule has 0 radical (unpaired) electrons. The van der Waals surface area contributed by atoms with Crippen molar-refractivity contribution in [3.8, 4) is 0 Å². The van der Waals surface area contributed by atoms with E-state index in [1.807, 2.05) is 20.8 Å². The van der Waals surface area contributed by atoms with Crippen LogP contribution in [0, 0.1) is 11.6 Å². The summed E-state index contributed by atoms with van der Waals surface area (Å²) >= 11 is 0. The van der Waals surface area contributed by atoms with Crippen LogP contribution < -0.4 is 22.1 Å². The molecule has 0 spiro atoms. The maximum atomic E-state index is 13.1. The van der Waals surface area contributed by atoms with Crippen molar-refractivity contribution in [2.24, 2.45) is 16.5 Å². The summed E-state index contributed by atoms with van der Waals surface area (Å²) in [7, 11) is 0. The molecular formula is C21H27F2N5O. The molecule has 0 heterocycles. The monoisotopic (exact) mass is 403 g/mol. The van der Waals surface area contributed by atoms with Gasteiger partial charge < -0.3 is 22.1 Å². The van der Waals surface area contributed by atoms with E-state index < -0.39 is 29.5 Å². The van der Waals surface area contributed by atoms with E-state index in [0.717, 1.165) is 5.56 Å². The number of hydrogen-bond acceptors (Lipinski definition) is 3. The fourth-order valence-electron chi connectivity index (χ4n) is 2.56. The van der Waals surface area contributed by atoms with Gasteiger partial charge in [-0.05, 0) is 69.2 Å². The zero-order valence-corrected chi connectivity index (χ0v) is 16.7. The predicted octanol–water partition coefficient (Wildman–Crippen LogP) is 2.81. The Hall–Kier alpha value is -2.84. The number of carbonyl (C=O) groups is 1. The first-order chi connectivity index (χ1) is 13.5. The van der Waals surface area contributed by atoms with Crippen LogP contribution in [0.5, 0.6) is 0 Å². The number of rotatable bonds is 5. The lowest BCUT2D eigenvalue weighted by atomic mass is 10.0. The van der Waals surface area contributed by atoms with Gasteiger partial charge in [0, 0.05) is 17.1 Å². The van der Waals surface area contributed by atoms with Gasteiger partial charge >= 0.3 is 0 Å². The highest BCUT2D eigenvalue weighted by molar-refractivity contribution is 6.02. The minimum absolute atomic E-state index is 0.186. The fourth-order valence-corrected chi connectivity index (χ4v) is 2.56. The standard InChI is InChI=1S/C21H27F2N5O/c1-21(2,3)28-20(27-19(29)14-6-10-16(23)11-7-14)26-18(25)12-17(24)13-4-8-15(22)9-5-13/h4-11,17-18H,12,24-25H2,1-3H3,(H2,26,27,28,29). The van der Waals surface area contributed by atoms with Crippen LogP contribution in [0.3, 0.4) is 0 Å². The quantitative estimate of drug-likeness (QED) is 0.349. The molecule has 0 saturated carbocycles. The van der Waals surface area contributed by atoms with Crippen molar-refractivity contribution in [1.29, 1.82) is 0 Å². The first kappa shape index (κ1) is 22.4. The molecule has 0 saturated heterocycles. The Balaban J connectivity index is 2.11. The van der Waals surface area contributed by atoms with Crippen molar-refractivity contribution in [3.63, 3.8) is 0 Å². The van der Waals surface area contributed by atoms with Gasteiger partial charge in [-0.1, -0.05) is 12.1 Å². The number of amides is 1. The summed E-state index contributed by atoms with van der Waals surface area (Å²) in [4.78, 5) is 16.5. The summed E-state index contributed by atoms with van der Waals surface area (Å²) in [5, 5.41) is 6.06. The molecule has 156 valence electrons. The minimum atomic E-state index is -0.621. The van der Waals surface area contributed by atoms with E-state index in [1.165, 1.54) is 36.4 Å². The highest BCUT2D eigenvalue weighted by Crippen LogP contribution is 2.15. The number of carbonyl (C=O) groups excluding carboxylic acids is 1. The molecule has 2 unspecified atom stereocenters. The number of nitrogens with one attached hydrogen (secondary N) is 2. The largest absolute Gasteiger partial charge is 0.351 e. The third-order valence-corrected chi connectivity index (χ3v) is 3.93. The van der Waals surface area contributed by atoms with E-state index in [0.29, 0.717) is 6.42 Å². The molecule has 2 aromatic carbocycles. The number of benzene rings is 2. The maximum absolute atomic E-state index is 13.1. The van der Waals surface area contributed by atoms with Crippen molar-refractivity contribution in [2.45, 2.75) is 44.9 Å². The predicted molar refractivity (Wildman–Crippen MR) is 110 cm³/mol. The van der Waals surface area contributed by atoms with Crippen LogP contribution in [0.1, 0.15) is 49.2 Å². The summed E-state index contributed by atoms with van der Waals surface area (Å²) < 4.78 is 26.1. The summed E-state index contributed by atoms with van der Waals surface area (Å²) in [6.45, 7) is 5.72. The molecule has 0 fully saturated rings. The molecule has 8 heteroatoms. The second-order valence-corrected chi connectivity index (χ2v) is 7.79. The average molecular weight is 403 g/mol. The zero-order chi connectivity index (χ0) is 21.6. The van der Waals surface area contributed by atoms with Crippen molar-refractivity contribution in [2.75, 3.05) is 0 Å². The van der Waals surface area contributed by atoms with E-state index in [-0.39, 0.29) is 17.3 Å². The molecule has 0 bridgehead atoms. The van der Waals surface area contributed by atoms with Crippen LogP contribution in [-0.4, -0.2) is 23.6 Å². The highest BCUT2D eigenvalue weighted by Gasteiger charge is 2.18. The first-order valence-electron chi connectivity index (χ1n) is 9.23. The Kier molecular flexibility index (Phi) is 7.41. The Labute approximate surface area is 169 Å². The fraction of sp³-hybridized carbons (Fsp3) is 0.333. The van der Waals surface area contributed by atoms with Crippen LogP contribution in [-0.2, 0) is 0 Å². The molecule has 0 aromatic heterocycles. The van der Waals surface area contributed by atoms with Gasteiger partial charge in [0.15, 0.2) is 0 Å². The van der Waals surface area contributed by atoms with E-state index in [1.54, 1.807) is 12.1 Å². The lowest BCUT2D eigenvalue weighted by Gasteiger charge is -2.27. The summed E-state index contributed by atoms with van der Waals surface area (Å²) in [6.07, 6.45) is -0.300. The molecule has 0 aliphatic carbocycles. The second kappa shape index (κ2) is 9.58. The molecule has 6 N–H and O–H groups in total. The molecule has 1 amide bonds. The van der Waals surface area contributed by atoms with Crippen LogP contribution >= 0.6 is 0 Å². The SMILES string of the molecule is CC(C)(C)N/C(=N/C(=O)c1ccc(F)cc1)NC(N)CC(N)c1ccc(F)cc1. The minimum Gasteiger partial charge on any atom is -0.351 e. The van der Waals surface area contributed by atoms with Crippen LogP contribution in [0.4, 0.5) is 8.78 Å². The topological polar surface area (TPSA) is 106 Å². The molecule has 0 aliphatic heterocycles. The Morgan fingerprint density at radius 2 is 1.52 bits per heavy atom. The van der Waals surface area contributed by atoms with Crippen LogP contribution in [0.15, 0.2) is 53.5 Å². The lowest BCUT2D eigenvalue weighted by Crippen LogP contribution is -2.54. The summed E-state index contributed by atoms with van der Waals surface area (Å²) in [6, 6.07) is 10.6. The van der Waals surface area contributed by atoms with Gasteiger partial charge in [0.1, 0.15) is 11.6 Å². The normalized spacial score (nSPS) is 14.2. The molecular weight excluding hydrogens is 376 g/mol. The van der Waals surface area contributed by atoms with Crippen LogP contribution in [0.25, 0.3) is 0 Å². The van der Waals surface area contributed by atoms with E-state index in [2.05, 4.69) is 15.6 Å². The number of halogens is 2. The van der Waals surface area contributed by atoms with Gasteiger partial charge in [0.25, 0.3) is 5.91 Å². The maximum Gasteiger partial charge on any atom is 0.280 e. The van der Waals surface area contributed by atoms with Gasteiger partial charge in [0.05, 0.1) is 6.17 Å². The molecule has 0 aliphatic rings. The zero-order valence-electron chi connectivity index (χ0n) is 16.7. The Morgan fingerprint density at radius 3 is 2.03 bits per heavy atom. The van der Waals surface area contributed by atoms with E-state index >= 15 is 0 Å². The first-order valence-corrected chi connectivity index (χ1v) is 9.23. The second-order valence-electron chi connectivity index (χ2n) is 7.79. The van der Waals surface area contributed by atoms with Gasteiger partial charge in [-0.2, -0.15) is 4.99 Å². The number of hydrogen-bond donors (Lipinski definition) is 4. The third-order valence-electron chi connectivity index (χ3n) is 3.93. The van der Waals surface area contributed by atoms with Gasteiger partial charge in [-0.25, -0.2) is 8.78 Å². The molecule has 2 aromatic rings.